The summed E-state index contributed by atoms with van der Waals surface area (Å²) in [5.41, 5.74) is -0.267. The third kappa shape index (κ3) is 2.17. The normalized spacial score (nSPS) is 37.5. The van der Waals surface area contributed by atoms with E-state index in [0.717, 1.165) is 25.7 Å². The van der Waals surface area contributed by atoms with Crippen molar-refractivity contribution < 1.29 is 14.6 Å². The van der Waals surface area contributed by atoms with E-state index in [0.29, 0.717) is 0 Å². The number of aliphatic hydroxyl groups excluding tert-OH is 1. The van der Waals surface area contributed by atoms with Crippen molar-refractivity contribution in [3.8, 4) is 0 Å². The standard InChI is InChI=1S/C12H21NO3/c1-11(2,3)16-10(15)13-9-4-5-12(9)6-8(14)7-12/h8-9,14H,4-7H2,1-3H3,(H,13,15)/t8?,9-,12?/m0/s1. The number of alkyl carbamates (subject to hydrolysis) is 1. The molecular weight excluding hydrogens is 206 g/mol. The zero-order valence-electron chi connectivity index (χ0n) is 10.2. The lowest BCUT2D eigenvalue weighted by Crippen LogP contribution is -2.62. The lowest BCUT2D eigenvalue weighted by molar-refractivity contribution is -0.107. The van der Waals surface area contributed by atoms with Crippen molar-refractivity contribution in [2.24, 2.45) is 5.41 Å². The summed E-state index contributed by atoms with van der Waals surface area (Å²) in [6.07, 6.45) is 3.28. The molecule has 1 amide bonds. The van der Waals surface area contributed by atoms with Crippen LogP contribution in [0.5, 0.6) is 0 Å². The predicted molar refractivity (Wildman–Crippen MR) is 60.1 cm³/mol. The lowest BCUT2D eigenvalue weighted by atomic mass is 9.52. The van der Waals surface area contributed by atoms with Crippen LogP contribution in [0, 0.1) is 5.41 Å². The van der Waals surface area contributed by atoms with E-state index >= 15 is 0 Å². The fourth-order valence-corrected chi connectivity index (χ4v) is 2.74. The molecule has 2 fully saturated rings. The molecule has 2 saturated carbocycles. The highest BCUT2D eigenvalue weighted by Crippen LogP contribution is 2.55. The van der Waals surface area contributed by atoms with Gasteiger partial charge in [0.25, 0.3) is 0 Å². The van der Waals surface area contributed by atoms with E-state index in [1.807, 2.05) is 20.8 Å². The molecule has 0 heterocycles. The molecule has 0 aromatic heterocycles. The van der Waals surface area contributed by atoms with Crippen LogP contribution in [0.4, 0.5) is 4.79 Å². The molecule has 1 atom stereocenters. The van der Waals surface area contributed by atoms with Crippen molar-refractivity contribution in [1.29, 1.82) is 0 Å². The summed E-state index contributed by atoms with van der Waals surface area (Å²) in [5, 5.41) is 12.3. The maximum absolute atomic E-state index is 11.6. The number of carbonyl (C=O) groups is 1. The van der Waals surface area contributed by atoms with Crippen LogP contribution in [0.1, 0.15) is 46.5 Å². The van der Waals surface area contributed by atoms with E-state index in [-0.39, 0.29) is 23.7 Å². The van der Waals surface area contributed by atoms with Gasteiger partial charge in [0, 0.05) is 6.04 Å². The molecule has 1 spiro atoms. The van der Waals surface area contributed by atoms with Crippen LogP contribution < -0.4 is 5.32 Å². The molecule has 4 heteroatoms. The number of rotatable bonds is 1. The van der Waals surface area contributed by atoms with Gasteiger partial charge in [-0.25, -0.2) is 4.79 Å². The molecular formula is C12H21NO3. The molecule has 2 aliphatic rings. The molecule has 2 N–H and O–H groups in total. The van der Waals surface area contributed by atoms with Crippen molar-refractivity contribution >= 4 is 6.09 Å². The molecule has 2 rings (SSSR count). The van der Waals surface area contributed by atoms with Crippen LogP contribution in [0.3, 0.4) is 0 Å². The van der Waals surface area contributed by atoms with Gasteiger partial charge < -0.3 is 15.2 Å². The Hall–Kier alpha value is -0.770. The number of hydrogen-bond acceptors (Lipinski definition) is 3. The number of carbonyl (C=O) groups excluding carboxylic acids is 1. The minimum atomic E-state index is -0.444. The minimum Gasteiger partial charge on any atom is -0.444 e. The highest BCUT2D eigenvalue weighted by molar-refractivity contribution is 5.68. The van der Waals surface area contributed by atoms with E-state index in [2.05, 4.69) is 5.32 Å². The van der Waals surface area contributed by atoms with Crippen LogP contribution >= 0.6 is 0 Å². The Labute approximate surface area is 96.4 Å². The number of amides is 1. The fraction of sp³-hybridized carbons (Fsp3) is 0.917. The molecule has 0 unspecified atom stereocenters. The summed E-state index contributed by atoms with van der Waals surface area (Å²) in [6.45, 7) is 5.57. The predicted octanol–water partition coefficient (Wildman–Crippen LogP) is 1.81. The van der Waals surface area contributed by atoms with Crippen LogP contribution in [-0.2, 0) is 4.74 Å². The molecule has 16 heavy (non-hydrogen) atoms. The number of hydrogen-bond donors (Lipinski definition) is 2. The molecule has 0 aromatic carbocycles. The topological polar surface area (TPSA) is 58.6 Å². The first kappa shape index (κ1) is 11.7. The summed E-state index contributed by atoms with van der Waals surface area (Å²) in [7, 11) is 0. The third-order valence-corrected chi connectivity index (χ3v) is 3.65. The second kappa shape index (κ2) is 3.62. The molecule has 0 aromatic rings. The number of ether oxygens (including phenoxy) is 1. The van der Waals surface area contributed by atoms with Crippen molar-refractivity contribution in [2.45, 2.75) is 64.2 Å². The molecule has 2 aliphatic carbocycles. The van der Waals surface area contributed by atoms with Gasteiger partial charge >= 0.3 is 6.09 Å². The van der Waals surface area contributed by atoms with Crippen LogP contribution in [0.15, 0.2) is 0 Å². The van der Waals surface area contributed by atoms with E-state index in [1.165, 1.54) is 0 Å². The molecule has 0 bridgehead atoms. The van der Waals surface area contributed by atoms with Crippen LogP contribution in [-0.4, -0.2) is 28.9 Å². The number of aliphatic hydroxyl groups is 1. The maximum atomic E-state index is 11.6. The zero-order valence-corrected chi connectivity index (χ0v) is 10.2. The highest BCUT2D eigenvalue weighted by Gasteiger charge is 2.55. The van der Waals surface area contributed by atoms with Crippen molar-refractivity contribution in [1.82, 2.24) is 5.32 Å². The first-order chi connectivity index (χ1) is 7.31. The molecule has 0 aliphatic heterocycles. The zero-order chi connectivity index (χ0) is 12.0. The Morgan fingerprint density at radius 3 is 2.44 bits per heavy atom. The second-order valence-corrected chi connectivity index (χ2v) is 6.16. The van der Waals surface area contributed by atoms with Gasteiger partial charge in [-0.1, -0.05) is 0 Å². The quantitative estimate of drug-likeness (QED) is 0.718. The van der Waals surface area contributed by atoms with Crippen molar-refractivity contribution in [2.75, 3.05) is 0 Å². The van der Waals surface area contributed by atoms with Gasteiger partial charge in [-0.3, -0.25) is 0 Å². The molecule has 0 saturated heterocycles. The molecule has 4 nitrogen and oxygen atoms in total. The Kier molecular flexibility index (Phi) is 2.65. The third-order valence-electron chi connectivity index (χ3n) is 3.65. The summed E-state index contributed by atoms with van der Waals surface area (Å²) in [4.78, 5) is 11.6. The lowest BCUT2D eigenvalue weighted by Gasteiger charge is -2.57. The van der Waals surface area contributed by atoms with Gasteiger partial charge in [0.15, 0.2) is 0 Å². The average Bonchev–Trinajstić information content (AvgIpc) is 2.04. The molecule has 0 radical (unpaired) electrons. The Balaban J connectivity index is 1.80. The maximum Gasteiger partial charge on any atom is 0.407 e. The van der Waals surface area contributed by atoms with E-state index in [9.17, 15) is 9.90 Å². The first-order valence-corrected chi connectivity index (χ1v) is 5.98. The van der Waals surface area contributed by atoms with Gasteiger partial charge in [0.1, 0.15) is 5.60 Å². The Morgan fingerprint density at radius 1 is 1.44 bits per heavy atom. The van der Waals surface area contributed by atoms with Gasteiger partial charge in [0.05, 0.1) is 6.10 Å². The molecule has 92 valence electrons. The van der Waals surface area contributed by atoms with Gasteiger partial charge in [-0.15, -0.1) is 0 Å². The Bertz CT molecular complexity index is 289. The van der Waals surface area contributed by atoms with E-state index in [4.69, 9.17) is 4.74 Å². The van der Waals surface area contributed by atoms with E-state index < -0.39 is 5.60 Å². The van der Waals surface area contributed by atoms with Gasteiger partial charge in [-0.05, 0) is 51.9 Å². The monoisotopic (exact) mass is 227 g/mol. The minimum absolute atomic E-state index is 0.164. The van der Waals surface area contributed by atoms with E-state index in [1.54, 1.807) is 0 Å². The second-order valence-electron chi connectivity index (χ2n) is 6.16. The summed E-state index contributed by atoms with van der Waals surface area (Å²) in [5.74, 6) is 0. The van der Waals surface area contributed by atoms with Gasteiger partial charge in [0.2, 0.25) is 0 Å². The first-order valence-electron chi connectivity index (χ1n) is 5.98. The van der Waals surface area contributed by atoms with Crippen LogP contribution in [0.25, 0.3) is 0 Å². The van der Waals surface area contributed by atoms with Crippen molar-refractivity contribution in [3.63, 3.8) is 0 Å². The fourth-order valence-electron chi connectivity index (χ4n) is 2.74. The van der Waals surface area contributed by atoms with Crippen molar-refractivity contribution in [3.05, 3.63) is 0 Å². The smallest absolute Gasteiger partial charge is 0.407 e. The summed E-state index contributed by atoms with van der Waals surface area (Å²) >= 11 is 0. The largest absolute Gasteiger partial charge is 0.444 e. The SMILES string of the molecule is CC(C)(C)OC(=O)N[C@H]1CCC12CC(O)C2. The summed E-state index contributed by atoms with van der Waals surface area (Å²) in [6, 6.07) is 0.200. The number of nitrogens with one attached hydrogen (secondary N) is 1. The Morgan fingerprint density at radius 2 is 2.06 bits per heavy atom. The summed E-state index contributed by atoms with van der Waals surface area (Å²) < 4.78 is 5.22. The average molecular weight is 227 g/mol. The highest BCUT2D eigenvalue weighted by atomic mass is 16.6. The van der Waals surface area contributed by atoms with Crippen LogP contribution in [0.2, 0.25) is 0 Å². The van der Waals surface area contributed by atoms with Gasteiger partial charge in [-0.2, -0.15) is 0 Å².